The molecule has 5 nitrogen and oxygen atoms in total. The fraction of sp³-hybridized carbons (Fsp3) is 0.909. The topological polar surface area (TPSA) is 87.0 Å². The zero-order valence-electron chi connectivity index (χ0n) is 10.1. The summed E-state index contributed by atoms with van der Waals surface area (Å²) in [5.41, 5.74) is -1.17. The van der Waals surface area contributed by atoms with Gasteiger partial charge in [-0.25, -0.2) is 0 Å². The first-order valence-corrected chi connectivity index (χ1v) is 6.24. The Kier molecular flexibility index (Phi) is 8.59. The minimum absolute atomic E-state index is 0.210. The van der Waals surface area contributed by atoms with Gasteiger partial charge in [0.1, 0.15) is 6.61 Å². The number of carbonyl (C=O) groups excluding carboxylic acids is 1. The average molecular weight is 266 g/mol. The Labute approximate surface area is 107 Å². The van der Waals surface area contributed by atoms with Crippen LogP contribution in [0.3, 0.4) is 0 Å². The second-order valence-corrected chi connectivity index (χ2v) is 4.86. The van der Waals surface area contributed by atoms with E-state index in [9.17, 15) is 4.79 Å². The van der Waals surface area contributed by atoms with Crippen LogP contribution in [0, 0.1) is 5.41 Å². The summed E-state index contributed by atoms with van der Waals surface area (Å²) >= 11 is 4.11. The Morgan fingerprint density at radius 1 is 1.29 bits per heavy atom. The zero-order chi connectivity index (χ0) is 13.3. The van der Waals surface area contributed by atoms with E-state index >= 15 is 0 Å². The van der Waals surface area contributed by atoms with Gasteiger partial charge in [-0.2, -0.15) is 12.6 Å². The summed E-state index contributed by atoms with van der Waals surface area (Å²) in [7, 11) is 0. The fourth-order valence-electron chi connectivity index (χ4n) is 1.12. The Morgan fingerprint density at radius 2 is 1.82 bits per heavy atom. The number of carbonyl (C=O) groups is 1. The Bertz CT molecular complexity index is 210. The average Bonchev–Trinajstić information content (AvgIpc) is 2.37. The highest BCUT2D eigenvalue weighted by molar-refractivity contribution is 7.81. The molecule has 0 aliphatic rings. The molecule has 1 atom stereocenters. The smallest absolute Gasteiger partial charge is 0.318 e. The summed E-state index contributed by atoms with van der Waals surface area (Å²) in [6, 6.07) is 0. The molecule has 0 spiro atoms. The van der Waals surface area contributed by atoms with Gasteiger partial charge >= 0.3 is 5.97 Å². The van der Waals surface area contributed by atoms with E-state index in [0.29, 0.717) is 6.42 Å². The van der Waals surface area contributed by atoms with Gasteiger partial charge in [0.25, 0.3) is 0 Å². The van der Waals surface area contributed by atoms with Gasteiger partial charge in [-0.1, -0.05) is 19.8 Å². The first-order valence-electron chi connectivity index (χ1n) is 5.72. The highest BCUT2D eigenvalue weighted by Crippen LogP contribution is 2.17. The van der Waals surface area contributed by atoms with Crippen molar-refractivity contribution in [2.24, 2.45) is 5.41 Å². The Hall–Kier alpha value is -0.300. The predicted molar refractivity (Wildman–Crippen MR) is 66.9 cm³/mol. The summed E-state index contributed by atoms with van der Waals surface area (Å²) in [5.74, 6) is -0.485. The van der Waals surface area contributed by atoms with E-state index in [0.717, 1.165) is 12.8 Å². The standard InChI is InChI=1S/C11H22O5S/c1-2-3-4-9(17)10(15)16-8-11(5-12,6-13)7-14/h9,12-14,17H,2-8H2,1H3. The molecule has 0 radical (unpaired) electrons. The minimum Gasteiger partial charge on any atom is -0.464 e. The molecular weight excluding hydrogens is 244 g/mol. The van der Waals surface area contributed by atoms with Crippen LogP contribution >= 0.6 is 12.6 Å². The number of unbranched alkanes of at least 4 members (excludes halogenated alkanes) is 1. The molecule has 0 aliphatic carbocycles. The number of hydrogen-bond acceptors (Lipinski definition) is 6. The van der Waals surface area contributed by atoms with Crippen molar-refractivity contribution in [3.8, 4) is 0 Å². The van der Waals surface area contributed by atoms with Crippen molar-refractivity contribution in [1.82, 2.24) is 0 Å². The summed E-state index contributed by atoms with van der Waals surface area (Å²) in [5, 5.41) is 26.6. The van der Waals surface area contributed by atoms with Gasteiger partial charge < -0.3 is 20.1 Å². The van der Waals surface area contributed by atoms with Gasteiger partial charge in [-0.3, -0.25) is 4.79 Å². The first kappa shape index (κ1) is 16.7. The molecule has 0 aromatic carbocycles. The van der Waals surface area contributed by atoms with Crippen molar-refractivity contribution in [2.45, 2.75) is 31.4 Å². The summed E-state index contributed by atoms with van der Waals surface area (Å²) in [6.45, 7) is 0.469. The molecule has 0 amide bonds. The molecule has 1 unspecified atom stereocenters. The maximum absolute atomic E-state index is 11.5. The van der Waals surface area contributed by atoms with Gasteiger partial charge in [0, 0.05) is 0 Å². The van der Waals surface area contributed by atoms with Gasteiger partial charge in [-0.15, -0.1) is 0 Å². The van der Waals surface area contributed by atoms with Crippen LogP contribution in [0.1, 0.15) is 26.2 Å². The highest BCUT2D eigenvalue weighted by Gasteiger charge is 2.30. The van der Waals surface area contributed by atoms with Crippen molar-refractivity contribution >= 4 is 18.6 Å². The highest BCUT2D eigenvalue weighted by atomic mass is 32.1. The minimum atomic E-state index is -1.17. The molecule has 0 fully saturated rings. The molecule has 0 aromatic heterocycles. The third kappa shape index (κ3) is 5.72. The second kappa shape index (κ2) is 8.74. The summed E-state index contributed by atoms with van der Waals surface area (Å²) in [6.07, 6.45) is 2.48. The van der Waals surface area contributed by atoms with Gasteiger partial charge in [0.2, 0.25) is 0 Å². The molecule has 0 aliphatic heterocycles. The van der Waals surface area contributed by atoms with Crippen LogP contribution < -0.4 is 0 Å². The molecule has 0 rings (SSSR count). The molecule has 6 heteroatoms. The van der Waals surface area contributed by atoms with E-state index in [4.69, 9.17) is 20.1 Å². The SMILES string of the molecule is CCCCC(S)C(=O)OCC(CO)(CO)CO. The lowest BCUT2D eigenvalue weighted by atomic mass is 9.93. The van der Waals surface area contributed by atoms with Crippen LogP contribution in [-0.2, 0) is 9.53 Å². The number of aliphatic hydroxyl groups excluding tert-OH is 3. The van der Waals surface area contributed by atoms with Crippen LogP contribution in [0.15, 0.2) is 0 Å². The van der Waals surface area contributed by atoms with Crippen molar-refractivity contribution < 1.29 is 24.9 Å². The number of aliphatic hydroxyl groups is 3. The first-order chi connectivity index (χ1) is 8.05. The number of rotatable bonds is 9. The van der Waals surface area contributed by atoms with E-state index in [1.54, 1.807) is 0 Å². The van der Waals surface area contributed by atoms with Crippen molar-refractivity contribution in [1.29, 1.82) is 0 Å². The maximum Gasteiger partial charge on any atom is 0.318 e. The van der Waals surface area contributed by atoms with E-state index in [1.165, 1.54) is 0 Å². The van der Waals surface area contributed by atoms with Gasteiger partial charge in [0.15, 0.2) is 0 Å². The Balaban J connectivity index is 4.12. The number of thiol groups is 1. The molecule has 102 valence electrons. The zero-order valence-corrected chi connectivity index (χ0v) is 11.0. The Morgan fingerprint density at radius 3 is 2.24 bits per heavy atom. The van der Waals surface area contributed by atoms with Gasteiger partial charge in [-0.05, 0) is 6.42 Å². The second-order valence-electron chi connectivity index (χ2n) is 4.24. The predicted octanol–water partition coefficient (Wildman–Crippen LogP) is -0.0185. The molecular formula is C11H22O5S. The van der Waals surface area contributed by atoms with Crippen LogP contribution in [0.4, 0.5) is 0 Å². The van der Waals surface area contributed by atoms with Crippen LogP contribution in [-0.4, -0.2) is 53.0 Å². The van der Waals surface area contributed by atoms with Gasteiger partial charge in [0.05, 0.1) is 30.5 Å². The molecule has 0 aromatic rings. The number of hydrogen-bond donors (Lipinski definition) is 4. The summed E-state index contributed by atoms with van der Waals surface area (Å²) in [4.78, 5) is 11.5. The third-order valence-electron chi connectivity index (χ3n) is 2.63. The van der Waals surface area contributed by atoms with E-state index in [1.807, 2.05) is 6.92 Å². The molecule has 0 saturated heterocycles. The van der Waals surface area contributed by atoms with Crippen LogP contribution in [0.25, 0.3) is 0 Å². The molecule has 0 heterocycles. The lowest BCUT2D eigenvalue weighted by Gasteiger charge is -2.27. The van der Waals surface area contributed by atoms with Crippen LogP contribution in [0.2, 0.25) is 0 Å². The van der Waals surface area contributed by atoms with E-state index < -0.39 is 36.5 Å². The maximum atomic E-state index is 11.5. The van der Waals surface area contributed by atoms with Crippen LogP contribution in [0.5, 0.6) is 0 Å². The molecule has 0 saturated carbocycles. The quantitative estimate of drug-likeness (QED) is 0.348. The number of esters is 1. The molecule has 17 heavy (non-hydrogen) atoms. The van der Waals surface area contributed by atoms with E-state index in [-0.39, 0.29) is 6.61 Å². The lowest BCUT2D eigenvalue weighted by molar-refractivity contribution is -0.150. The van der Waals surface area contributed by atoms with Crippen molar-refractivity contribution in [3.05, 3.63) is 0 Å². The third-order valence-corrected chi connectivity index (χ3v) is 3.10. The largest absolute Gasteiger partial charge is 0.464 e. The lowest BCUT2D eigenvalue weighted by Crippen LogP contribution is -2.40. The molecule has 3 N–H and O–H groups in total. The van der Waals surface area contributed by atoms with E-state index in [2.05, 4.69) is 12.6 Å². The van der Waals surface area contributed by atoms with Crippen molar-refractivity contribution in [3.63, 3.8) is 0 Å². The normalized spacial score (nSPS) is 13.5. The van der Waals surface area contributed by atoms with Crippen molar-refractivity contribution in [2.75, 3.05) is 26.4 Å². The number of ether oxygens (including phenoxy) is 1. The fourth-order valence-corrected chi connectivity index (χ4v) is 1.38. The molecule has 0 bridgehead atoms. The monoisotopic (exact) mass is 266 g/mol. The summed E-state index contributed by atoms with van der Waals surface area (Å²) < 4.78 is 4.94.